The van der Waals surface area contributed by atoms with E-state index in [0.29, 0.717) is 0 Å². The third-order valence-corrected chi connectivity index (χ3v) is 4.65. The van der Waals surface area contributed by atoms with Crippen molar-refractivity contribution in [3.8, 4) is 0 Å². The molecule has 0 bridgehead atoms. The Balaban J connectivity index is 1.29. The Bertz CT molecular complexity index is 621. The van der Waals surface area contributed by atoms with Gasteiger partial charge < -0.3 is 14.8 Å². The molecule has 0 radical (unpaired) electrons. The Labute approximate surface area is 149 Å². The van der Waals surface area contributed by atoms with Crippen molar-refractivity contribution < 1.29 is 4.79 Å². The molecule has 0 unspecified atom stereocenters. The first-order valence-electron chi connectivity index (χ1n) is 9.06. The number of carbonyl (C=O) groups excluding carboxylic acids is 1. The second-order valence-electron chi connectivity index (χ2n) is 6.45. The summed E-state index contributed by atoms with van der Waals surface area (Å²) in [4.78, 5) is 20.6. The highest BCUT2D eigenvalue weighted by Crippen LogP contribution is 2.04. The maximum absolute atomic E-state index is 12.2. The van der Waals surface area contributed by atoms with Gasteiger partial charge in [0, 0.05) is 58.2 Å². The number of urea groups is 1. The molecule has 6 nitrogen and oxygen atoms in total. The molecule has 1 N–H and O–H groups in total. The molecule has 1 aliphatic rings. The number of benzene rings is 1. The first kappa shape index (κ1) is 17.5. The first-order chi connectivity index (χ1) is 12.3. The van der Waals surface area contributed by atoms with Gasteiger partial charge in [-0.05, 0) is 18.4 Å². The summed E-state index contributed by atoms with van der Waals surface area (Å²) in [6, 6.07) is 10.5. The Morgan fingerprint density at radius 2 is 1.88 bits per heavy atom. The lowest BCUT2D eigenvalue weighted by molar-refractivity contribution is 0.137. The number of hydrogen-bond acceptors (Lipinski definition) is 3. The number of aromatic nitrogens is 2. The van der Waals surface area contributed by atoms with Crippen LogP contribution in [0, 0.1) is 0 Å². The Kier molecular flexibility index (Phi) is 6.45. The lowest BCUT2D eigenvalue weighted by Gasteiger charge is -2.34. The van der Waals surface area contributed by atoms with Gasteiger partial charge in [-0.15, -0.1) is 0 Å². The molecule has 25 heavy (non-hydrogen) atoms. The SMILES string of the molecule is O=C(NCCCc1ccccc1)N1CCN(CCn2ccnc2)CC1. The van der Waals surface area contributed by atoms with Crippen LogP contribution in [0.25, 0.3) is 0 Å². The van der Waals surface area contributed by atoms with Crippen molar-refractivity contribution >= 4 is 6.03 Å². The van der Waals surface area contributed by atoms with Crippen molar-refractivity contribution in [2.75, 3.05) is 39.3 Å². The predicted molar refractivity (Wildman–Crippen MR) is 98.4 cm³/mol. The van der Waals surface area contributed by atoms with Gasteiger partial charge in [0.15, 0.2) is 0 Å². The van der Waals surface area contributed by atoms with E-state index in [1.165, 1.54) is 5.56 Å². The molecule has 2 aromatic rings. The summed E-state index contributed by atoms with van der Waals surface area (Å²) in [5.74, 6) is 0. The van der Waals surface area contributed by atoms with Crippen LogP contribution in [0.5, 0.6) is 0 Å². The van der Waals surface area contributed by atoms with Gasteiger partial charge in [0.05, 0.1) is 6.33 Å². The van der Waals surface area contributed by atoms with Crippen LogP contribution in [0.15, 0.2) is 49.1 Å². The van der Waals surface area contributed by atoms with E-state index in [4.69, 9.17) is 0 Å². The molecule has 1 saturated heterocycles. The average molecular weight is 341 g/mol. The minimum Gasteiger partial charge on any atom is -0.338 e. The number of nitrogens with zero attached hydrogens (tertiary/aromatic N) is 4. The summed E-state index contributed by atoms with van der Waals surface area (Å²) in [7, 11) is 0. The number of amides is 2. The van der Waals surface area contributed by atoms with Crippen LogP contribution in [0.4, 0.5) is 4.79 Å². The van der Waals surface area contributed by atoms with E-state index in [1.54, 1.807) is 6.20 Å². The van der Waals surface area contributed by atoms with E-state index >= 15 is 0 Å². The topological polar surface area (TPSA) is 53.4 Å². The third kappa shape index (κ3) is 5.60. The minimum absolute atomic E-state index is 0.0716. The third-order valence-electron chi connectivity index (χ3n) is 4.65. The fourth-order valence-corrected chi connectivity index (χ4v) is 3.09. The number of nitrogens with one attached hydrogen (secondary N) is 1. The summed E-state index contributed by atoms with van der Waals surface area (Å²) >= 11 is 0. The second-order valence-corrected chi connectivity index (χ2v) is 6.45. The summed E-state index contributed by atoms with van der Waals surface area (Å²) in [5, 5.41) is 3.05. The summed E-state index contributed by atoms with van der Waals surface area (Å²) in [6.07, 6.45) is 7.61. The van der Waals surface area contributed by atoms with Crippen molar-refractivity contribution in [2.45, 2.75) is 19.4 Å². The van der Waals surface area contributed by atoms with Gasteiger partial charge in [-0.1, -0.05) is 30.3 Å². The molecule has 0 spiro atoms. The van der Waals surface area contributed by atoms with Crippen LogP contribution in [-0.2, 0) is 13.0 Å². The van der Waals surface area contributed by atoms with Crippen LogP contribution < -0.4 is 5.32 Å². The van der Waals surface area contributed by atoms with Crippen LogP contribution in [-0.4, -0.2) is 64.7 Å². The van der Waals surface area contributed by atoms with Crippen LogP contribution in [0.2, 0.25) is 0 Å². The number of piperazine rings is 1. The normalized spacial score (nSPS) is 15.3. The zero-order chi connectivity index (χ0) is 17.3. The van der Waals surface area contributed by atoms with Crippen molar-refractivity contribution in [3.63, 3.8) is 0 Å². The van der Waals surface area contributed by atoms with E-state index in [0.717, 1.165) is 58.7 Å². The highest BCUT2D eigenvalue weighted by molar-refractivity contribution is 5.74. The molecule has 0 atom stereocenters. The summed E-state index contributed by atoms with van der Waals surface area (Å²) < 4.78 is 2.09. The molecule has 1 aromatic heterocycles. The average Bonchev–Trinajstić information content (AvgIpc) is 3.18. The molecule has 2 amide bonds. The molecule has 134 valence electrons. The zero-order valence-corrected chi connectivity index (χ0v) is 14.7. The van der Waals surface area contributed by atoms with Crippen molar-refractivity contribution in [3.05, 3.63) is 54.6 Å². The van der Waals surface area contributed by atoms with Crippen LogP contribution in [0.1, 0.15) is 12.0 Å². The van der Waals surface area contributed by atoms with E-state index in [1.807, 2.05) is 23.5 Å². The molecule has 3 rings (SSSR count). The standard InChI is InChI=1S/C19H27N5O/c25-19(21-8-4-7-18-5-2-1-3-6-18)24-15-13-22(14-16-24)11-12-23-10-9-20-17-23/h1-3,5-6,9-10,17H,4,7-8,11-16H2,(H,21,25). The lowest BCUT2D eigenvalue weighted by Crippen LogP contribution is -2.52. The fraction of sp³-hybridized carbons (Fsp3) is 0.474. The first-order valence-corrected chi connectivity index (χ1v) is 9.06. The van der Waals surface area contributed by atoms with Gasteiger partial charge in [0.1, 0.15) is 0 Å². The van der Waals surface area contributed by atoms with Crippen molar-refractivity contribution in [1.82, 2.24) is 24.7 Å². The maximum atomic E-state index is 12.2. The van der Waals surface area contributed by atoms with E-state index in [9.17, 15) is 4.79 Å². The molecular weight excluding hydrogens is 314 g/mol. The van der Waals surface area contributed by atoms with Crippen molar-refractivity contribution in [1.29, 1.82) is 0 Å². The Hall–Kier alpha value is -2.34. The fourth-order valence-electron chi connectivity index (χ4n) is 3.09. The molecule has 1 fully saturated rings. The zero-order valence-electron chi connectivity index (χ0n) is 14.7. The highest BCUT2D eigenvalue weighted by Gasteiger charge is 2.20. The molecule has 1 aliphatic heterocycles. The summed E-state index contributed by atoms with van der Waals surface area (Å²) in [6.45, 7) is 6.16. The molecular formula is C19H27N5O. The smallest absolute Gasteiger partial charge is 0.317 e. The summed E-state index contributed by atoms with van der Waals surface area (Å²) in [5.41, 5.74) is 1.32. The van der Waals surface area contributed by atoms with E-state index in [-0.39, 0.29) is 6.03 Å². The molecule has 2 heterocycles. The molecule has 0 aliphatic carbocycles. The number of carbonyl (C=O) groups is 1. The number of imidazole rings is 1. The minimum atomic E-state index is 0.0716. The van der Waals surface area contributed by atoms with Gasteiger partial charge >= 0.3 is 6.03 Å². The van der Waals surface area contributed by atoms with Crippen LogP contribution >= 0.6 is 0 Å². The second kappa shape index (κ2) is 9.22. The van der Waals surface area contributed by atoms with Gasteiger partial charge in [-0.25, -0.2) is 9.78 Å². The molecule has 6 heteroatoms. The maximum Gasteiger partial charge on any atom is 0.317 e. The van der Waals surface area contributed by atoms with Gasteiger partial charge in [-0.2, -0.15) is 0 Å². The molecule has 0 saturated carbocycles. The number of rotatable bonds is 7. The monoisotopic (exact) mass is 341 g/mol. The van der Waals surface area contributed by atoms with Gasteiger partial charge in [0.2, 0.25) is 0 Å². The molecule has 1 aromatic carbocycles. The predicted octanol–water partition coefficient (Wildman–Crippen LogP) is 1.84. The Morgan fingerprint density at radius 1 is 1.08 bits per heavy atom. The highest BCUT2D eigenvalue weighted by atomic mass is 16.2. The quantitative estimate of drug-likeness (QED) is 0.782. The van der Waals surface area contributed by atoms with Gasteiger partial charge in [0.25, 0.3) is 0 Å². The van der Waals surface area contributed by atoms with Gasteiger partial charge in [-0.3, -0.25) is 4.90 Å². The number of aryl methyl sites for hydroxylation is 1. The van der Waals surface area contributed by atoms with Crippen molar-refractivity contribution in [2.24, 2.45) is 0 Å². The largest absolute Gasteiger partial charge is 0.338 e. The number of hydrogen-bond donors (Lipinski definition) is 1. The van der Waals surface area contributed by atoms with Crippen LogP contribution in [0.3, 0.4) is 0 Å². The van der Waals surface area contributed by atoms with E-state index in [2.05, 4.69) is 44.0 Å². The lowest BCUT2D eigenvalue weighted by atomic mass is 10.1. The Morgan fingerprint density at radius 3 is 2.60 bits per heavy atom. The van der Waals surface area contributed by atoms with E-state index < -0.39 is 0 Å².